The first-order valence-corrected chi connectivity index (χ1v) is 7.58. The molecule has 0 aromatic heterocycles. The highest BCUT2D eigenvalue weighted by Gasteiger charge is 2.35. The highest BCUT2D eigenvalue weighted by Crippen LogP contribution is 2.18. The van der Waals surface area contributed by atoms with Gasteiger partial charge in [-0.05, 0) is 41.5 Å². The molecule has 0 bridgehead atoms. The van der Waals surface area contributed by atoms with Crippen molar-refractivity contribution in [1.82, 2.24) is 10.2 Å². The molecule has 3 N–H and O–H groups in total. The molecule has 2 amide bonds. The predicted octanol–water partition coefficient (Wildman–Crippen LogP) is 1.71. The van der Waals surface area contributed by atoms with Crippen LogP contribution in [0.1, 0.15) is 41.5 Å². The van der Waals surface area contributed by atoms with E-state index in [4.69, 9.17) is 15.2 Å². The number of likely N-dealkylation sites (tertiary alicyclic amines) is 1. The lowest BCUT2D eigenvalue weighted by atomic mass is 10.1. The Labute approximate surface area is 132 Å². The molecule has 1 saturated heterocycles. The topological polar surface area (TPSA) is 93.9 Å². The molecule has 1 fully saturated rings. The molecule has 1 aliphatic rings. The Morgan fingerprint density at radius 3 is 2.14 bits per heavy atom. The fourth-order valence-corrected chi connectivity index (χ4v) is 2.12. The SMILES string of the molecule is CC(C)(C)OC(=O)NCC1CN(C(=O)OC(C)(C)C)CC1N. The minimum atomic E-state index is -0.537. The van der Waals surface area contributed by atoms with E-state index in [-0.39, 0.29) is 18.1 Å². The van der Waals surface area contributed by atoms with E-state index in [1.165, 1.54) is 0 Å². The third kappa shape index (κ3) is 6.51. The van der Waals surface area contributed by atoms with Crippen LogP contribution < -0.4 is 11.1 Å². The first-order valence-electron chi connectivity index (χ1n) is 7.58. The second-order valence-corrected chi connectivity index (χ2v) is 7.69. The normalized spacial score (nSPS) is 22.4. The van der Waals surface area contributed by atoms with E-state index in [2.05, 4.69) is 5.32 Å². The van der Waals surface area contributed by atoms with Gasteiger partial charge in [-0.25, -0.2) is 9.59 Å². The summed E-state index contributed by atoms with van der Waals surface area (Å²) in [5.41, 5.74) is 4.97. The molecule has 0 spiro atoms. The van der Waals surface area contributed by atoms with E-state index in [0.717, 1.165) is 0 Å². The number of alkyl carbamates (subject to hydrolysis) is 1. The van der Waals surface area contributed by atoms with Crippen LogP contribution in [-0.4, -0.2) is 54.0 Å². The number of hydrogen-bond donors (Lipinski definition) is 2. The molecule has 128 valence electrons. The fourth-order valence-electron chi connectivity index (χ4n) is 2.12. The van der Waals surface area contributed by atoms with E-state index >= 15 is 0 Å². The lowest BCUT2D eigenvalue weighted by Crippen LogP contribution is -2.40. The molecule has 7 nitrogen and oxygen atoms in total. The van der Waals surface area contributed by atoms with Crippen LogP contribution >= 0.6 is 0 Å². The molecule has 1 rings (SSSR count). The summed E-state index contributed by atoms with van der Waals surface area (Å²) in [4.78, 5) is 25.2. The highest BCUT2D eigenvalue weighted by molar-refractivity contribution is 5.69. The summed E-state index contributed by atoms with van der Waals surface area (Å²) in [6.07, 6.45) is -0.849. The molecule has 0 aliphatic carbocycles. The second-order valence-electron chi connectivity index (χ2n) is 7.69. The Kier molecular flexibility index (Phi) is 5.67. The molecule has 0 aromatic carbocycles. The van der Waals surface area contributed by atoms with Crippen LogP contribution in [-0.2, 0) is 9.47 Å². The summed E-state index contributed by atoms with van der Waals surface area (Å²) in [6, 6.07) is -0.192. The molecule has 2 unspecified atom stereocenters. The number of nitrogens with two attached hydrogens (primary N) is 1. The van der Waals surface area contributed by atoms with Crippen LogP contribution in [0.4, 0.5) is 9.59 Å². The Balaban J connectivity index is 2.44. The summed E-state index contributed by atoms with van der Waals surface area (Å²) in [5, 5.41) is 2.70. The van der Waals surface area contributed by atoms with Gasteiger partial charge in [0.25, 0.3) is 0 Å². The van der Waals surface area contributed by atoms with E-state index in [9.17, 15) is 9.59 Å². The summed E-state index contributed by atoms with van der Waals surface area (Å²) < 4.78 is 10.5. The molecular formula is C15H29N3O4. The number of ether oxygens (including phenoxy) is 2. The lowest BCUT2D eigenvalue weighted by molar-refractivity contribution is 0.0287. The summed E-state index contributed by atoms with van der Waals surface area (Å²) in [7, 11) is 0. The summed E-state index contributed by atoms with van der Waals surface area (Å²) >= 11 is 0. The largest absolute Gasteiger partial charge is 0.444 e. The van der Waals surface area contributed by atoms with Gasteiger partial charge in [0.1, 0.15) is 11.2 Å². The fraction of sp³-hybridized carbons (Fsp3) is 0.867. The Morgan fingerprint density at radius 2 is 1.64 bits per heavy atom. The number of carbonyl (C=O) groups is 2. The molecule has 2 atom stereocenters. The minimum absolute atomic E-state index is 0.0139. The van der Waals surface area contributed by atoms with E-state index in [0.29, 0.717) is 19.6 Å². The molecule has 1 aliphatic heterocycles. The van der Waals surface area contributed by atoms with Gasteiger partial charge in [0.05, 0.1) is 0 Å². The van der Waals surface area contributed by atoms with Crippen molar-refractivity contribution >= 4 is 12.2 Å². The predicted molar refractivity (Wildman–Crippen MR) is 83.5 cm³/mol. The van der Waals surface area contributed by atoms with Crippen LogP contribution in [0, 0.1) is 5.92 Å². The van der Waals surface area contributed by atoms with Crippen LogP contribution in [0.5, 0.6) is 0 Å². The van der Waals surface area contributed by atoms with Gasteiger partial charge in [-0.15, -0.1) is 0 Å². The number of nitrogens with one attached hydrogen (secondary N) is 1. The quantitative estimate of drug-likeness (QED) is 0.809. The number of amides is 2. The molecule has 0 aromatic rings. The van der Waals surface area contributed by atoms with Crippen molar-refractivity contribution in [2.24, 2.45) is 11.7 Å². The van der Waals surface area contributed by atoms with Gasteiger partial charge in [-0.3, -0.25) is 0 Å². The van der Waals surface area contributed by atoms with Crippen molar-refractivity contribution < 1.29 is 19.1 Å². The molecule has 1 heterocycles. The monoisotopic (exact) mass is 315 g/mol. The maximum atomic E-state index is 12.0. The van der Waals surface area contributed by atoms with Crippen LogP contribution in [0.2, 0.25) is 0 Å². The molecular weight excluding hydrogens is 286 g/mol. The number of rotatable bonds is 2. The first-order chi connectivity index (χ1) is 9.87. The van der Waals surface area contributed by atoms with Crippen molar-refractivity contribution in [2.75, 3.05) is 19.6 Å². The standard InChI is InChI=1S/C15H29N3O4/c1-14(2,3)21-12(19)17-7-10-8-18(9-11(10)16)13(20)22-15(4,5)6/h10-11H,7-9,16H2,1-6H3,(H,17,19). The van der Waals surface area contributed by atoms with Gasteiger partial charge < -0.3 is 25.4 Å². The first kappa shape index (κ1) is 18.5. The van der Waals surface area contributed by atoms with Crippen LogP contribution in [0.3, 0.4) is 0 Å². The summed E-state index contributed by atoms with van der Waals surface area (Å²) in [5.74, 6) is -0.0139. The highest BCUT2D eigenvalue weighted by atomic mass is 16.6. The average Bonchev–Trinajstić information content (AvgIpc) is 2.63. The Bertz CT molecular complexity index is 412. The van der Waals surface area contributed by atoms with Crippen molar-refractivity contribution in [3.8, 4) is 0 Å². The van der Waals surface area contributed by atoms with Crippen LogP contribution in [0.25, 0.3) is 0 Å². The smallest absolute Gasteiger partial charge is 0.410 e. The number of nitrogens with zero attached hydrogens (tertiary/aromatic N) is 1. The number of carbonyl (C=O) groups excluding carboxylic acids is 2. The van der Waals surface area contributed by atoms with Gasteiger partial charge >= 0.3 is 12.2 Å². The zero-order valence-corrected chi connectivity index (χ0v) is 14.4. The Morgan fingerprint density at radius 1 is 1.09 bits per heavy atom. The second kappa shape index (κ2) is 6.73. The van der Waals surface area contributed by atoms with Crippen molar-refractivity contribution in [2.45, 2.75) is 58.8 Å². The van der Waals surface area contributed by atoms with E-state index < -0.39 is 17.3 Å². The van der Waals surface area contributed by atoms with Gasteiger partial charge in [0, 0.05) is 31.6 Å². The molecule has 0 radical (unpaired) electrons. The zero-order valence-electron chi connectivity index (χ0n) is 14.4. The van der Waals surface area contributed by atoms with Gasteiger partial charge in [-0.1, -0.05) is 0 Å². The lowest BCUT2D eigenvalue weighted by Gasteiger charge is -2.24. The number of hydrogen-bond acceptors (Lipinski definition) is 5. The third-order valence-electron chi connectivity index (χ3n) is 3.05. The van der Waals surface area contributed by atoms with Gasteiger partial charge in [-0.2, -0.15) is 0 Å². The minimum Gasteiger partial charge on any atom is -0.444 e. The van der Waals surface area contributed by atoms with E-state index in [1.54, 1.807) is 25.7 Å². The van der Waals surface area contributed by atoms with Crippen LogP contribution in [0.15, 0.2) is 0 Å². The summed E-state index contributed by atoms with van der Waals surface area (Å²) in [6.45, 7) is 12.1. The van der Waals surface area contributed by atoms with E-state index in [1.807, 2.05) is 20.8 Å². The maximum Gasteiger partial charge on any atom is 0.410 e. The average molecular weight is 315 g/mol. The Hall–Kier alpha value is -1.50. The zero-order chi connectivity index (χ0) is 17.1. The van der Waals surface area contributed by atoms with Crippen molar-refractivity contribution in [3.63, 3.8) is 0 Å². The third-order valence-corrected chi connectivity index (χ3v) is 3.05. The molecule has 7 heteroatoms. The van der Waals surface area contributed by atoms with Gasteiger partial charge in [0.15, 0.2) is 0 Å². The van der Waals surface area contributed by atoms with Crippen molar-refractivity contribution in [1.29, 1.82) is 0 Å². The maximum absolute atomic E-state index is 12.0. The molecule has 0 saturated carbocycles. The van der Waals surface area contributed by atoms with Crippen molar-refractivity contribution in [3.05, 3.63) is 0 Å². The molecule has 22 heavy (non-hydrogen) atoms. The van der Waals surface area contributed by atoms with Gasteiger partial charge in [0.2, 0.25) is 0 Å².